The zero-order chi connectivity index (χ0) is 12.4. The maximum atomic E-state index is 11.0. The van der Waals surface area contributed by atoms with Gasteiger partial charge in [0, 0.05) is 13.5 Å². The van der Waals surface area contributed by atoms with Crippen molar-refractivity contribution >= 4 is 17.8 Å². The molecule has 0 aliphatic heterocycles. The molecule has 0 atom stereocenters. The molecule has 1 amide bonds. The predicted octanol–water partition coefficient (Wildman–Crippen LogP) is -0.207. The summed E-state index contributed by atoms with van der Waals surface area (Å²) in [6.45, 7) is 0.158. The fourth-order valence-electron chi connectivity index (χ4n) is 0.774. The van der Waals surface area contributed by atoms with E-state index in [0.29, 0.717) is 0 Å². The molecule has 0 saturated heterocycles. The van der Waals surface area contributed by atoms with Crippen LogP contribution in [0.15, 0.2) is 0 Å². The molecule has 0 unspecified atom stereocenters. The van der Waals surface area contributed by atoms with Crippen molar-refractivity contribution in [2.24, 2.45) is 0 Å². The molecule has 7 nitrogen and oxygen atoms in total. The van der Waals surface area contributed by atoms with Crippen LogP contribution < -0.4 is 5.32 Å². The first-order valence-corrected chi connectivity index (χ1v) is 4.69. The Kier molecular flexibility index (Phi) is 7.78. The van der Waals surface area contributed by atoms with E-state index in [1.165, 1.54) is 7.11 Å². The maximum Gasteiger partial charge on any atom is 0.407 e. The normalized spacial score (nSPS) is 9.56. The standard InChI is InChI=1S/C9H15NO6/c1-15-4-5-16-9(14)10-6-7(11)2-3-8(12)13/h2-6H2,1H3,(H,10,14)(H,12,13). The summed E-state index contributed by atoms with van der Waals surface area (Å²) in [5.74, 6) is -1.40. The highest BCUT2D eigenvalue weighted by Crippen LogP contribution is 1.90. The Morgan fingerprint density at radius 1 is 1.19 bits per heavy atom. The summed E-state index contributed by atoms with van der Waals surface area (Å²) < 4.78 is 9.26. The lowest BCUT2D eigenvalue weighted by Crippen LogP contribution is -2.31. The largest absolute Gasteiger partial charge is 0.481 e. The maximum absolute atomic E-state index is 11.0. The van der Waals surface area contributed by atoms with Gasteiger partial charge in [0.15, 0.2) is 5.78 Å². The number of amides is 1. The van der Waals surface area contributed by atoms with Crippen LogP contribution in [0.2, 0.25) is 0 Å². The second-order valence-electron chi connectivity index (χ2n) is 2.91. The van der Waals surface area contributed by atoms with Gasteiger partial charge in [0.2, 0.25) is 0 Å². The Morgan fingerprint density at radius 3 is 2.44 bits per heavy atom. The van der Waals surface area contributed by atoms with Crippen molar-refractivity contribution in [3.05, 3.63) is 0 Å². The van der Waals surface area contributed by atoms with Gasteiger partial charge in [-0.25, -0.2) is 4.79 Å². The van der Waals surface area contributed by atoms with Crippen LogP contribution in [0.4, 0.5) is 4.79 Å². The van der Waals surface area contributed by atoms with E-state index in [2.05, 4.69) is 14.8 Å². The van der Waals surface area contributed by atoms with Gasteiger partial charge >= 0.3 is 12.1 Å². The van der Waals surface area contributed by atoms with Crippen LogP contribution in [0.25, 0.3) is 0 Å². The minimum absolute atomic E-state index is 0.103. The van der Waals surface area contributed by atoms with Crippen molar-refractivity contribution in [1.82, 2.24) is 5.32 Å². The van der Waals surface area contributed by atoms with Gasteiger partial charge in [-0.2, -0.15) is 0 Å². The van der Waals surface area contributed by atoms with Gasteiger partial charge in [-0.05, 0) is 0 Å². The molecule has 0 heterocycles. The van der Waals surface area contributed by atoms with Crippen molar-refractivity contribution in [3.63, 3.8) is 0 Å². The molecule has 92 valence electrons. The molecule has 0 bridgehead atoms. The number of carbonyl (C=O) groups is 3. The molecular weight excluding hydrogens is 218 g/mol. The average Bonchev–Trinajstić information content (AvgIpc) is 2.24. The number of carbonyl (C=O) groups excluding carboxylic acids is 2. The third-order valence-electron chi connectivity index (χ3n) is 1.57. The average molecular weight is 233 g/mol. The number of carboxylic acids is 1. The van der Waals surface area contributed by atoms with Crippen LogP contribution in [-0.4, -0.2) is 49.8 Å². The topological polar surface area (TPSA) is 102 Å². The molecule has 0 rings (SSSR count). The molecule has 0 spiro atoms. The molecule has 0 aromatic carbocycles. The number of alkyl carbamates (subject to hydrolysis) is 1. The van der Waals surface area contributed by atoms with E-state index < -0.39 is 12.1 Å². The molecule has 0 aromatic heterocycles. The van der Waals surface area contributed by atoms with Crippen LogP contribution in [0.3, 0.4) is 0 Å². The second-order valence-corrected chi connectivity index (χ2v) is 2.91. The lowest BCUT2D eigenvalue weighted by Gasteiger charge is -2.05. The van der Waals surface area contributed by atoms with Gasteiger partial charge in [0.05, 0.1) is 19.6 Å². The van der Waals surface area contributed by atoms with Gasteiger partial charge in [0.25, 0.3) is 0 Å². The van der Waals surface area contributed by atoms with Gasteiger partial charge in [-0.15, -0.1) is 0 Å². The highest BCUT2D eigenvalue weighted by atomic mass is 16.6. The number of carboxylic acid groups (broad SMARTS) is 1. The summed E-state index contributed by atoms with van der Waals surface area (Å²) in [5.41, 5.74) is 0. The first kappa shape index (κ1) is 14.4. The molecule has 7 heteroatoms. The highest BCUT2D eigenvalue weighted by Gasteiger charge is 2.08. The summed E-state index contributed by atoms with van der Waals surface area (Å²) >= 11 is 0. The van der Waals surface area contributed by atoms with Crippen LogP contribution >= 0.6 is 0 Å². The fourth-order valence-corrected chi connectivity index (χ4v) is 0.774. The summed E-state index contributed by atoms with van der Waals surface area (Å²) in [6, 6.07) is 0. The molecule has 16 heavy (non-hydrogen) atoms. The second kappa shape index (κ2) is 8.66. The Balaban J connectivity index is 3.51. The number of hydrogen-bond donors (Lipinski definition) is 2. The Labute approximate surface area is 92.7 Å². The summed E-state index contributed by atoms with van der Waals surface area (Å²) in [7, 11) is 1.47. The van der Waals surface area contributed by atoms with E-state index in [-0.39, 0.29) is 38.4 Å². The van der Waals surface area contributed by atoms with Crippen molar-refractivity contribution in [3.8, 4) is 0 Å². The molecule has 2 N–H and O–H groups in total. The van der Waals surface area contributed by atoms with Crippen molar-refractivity contribution < 1.29 is 29.0 Å². The predicted molar refractivity (Wildman–Crippen MR) is 53.1 cm³/mol. The molecule has 0 radical (unpaired) electrons. The minimum Gasteiger partial charge on any atom is -0.481 e. The zero-order valence-corrected chi connectivity index (χ0v) is 9.02. The Morgan fingerprint density at radius 2 is 1.88 bits per heavy atom. The van der Waals surface area contributed by atoms with E-state index in [9.17, 15) is 14.4 Å². The van der Waals surface area contributed by atoms with E-state index in [1.54, 1.807) is 0 Å². The van der Waals surface area contributed by atoms with Crippen LogP contribution in [-0.2, 0) is 19.1 Å². The Bertz CT molecular complexity index is 252. The number of ketones is 1. The first-order chi connectivity index (χ1) is 7.56. The van der Waals surface area contributed by atoms with Crippen molar-refractivity contribution in [1.29, 1.82) is 0 Å². The SMILES string of the molecule is COCCOC(=O)NCC(=O)CCC(=O)O. The number of Topliss-reactive ketones (excluding diaryl/α,β-unsaturated/α-hetero) is 1. The van der Waals surface area contributed by atoms with Crippen LogP contribution in [0.5, 0.6) is 0 Å². The third-order valence-corrected chi connectivity index (χ3v) is 1.57. The van der Waals surface area contributed by atoms with Crippen LogP contribution in [0, 0.1) is 0 Å². The molecule has 0 aliphatic rings. The van der Waals surface area contributed by atoms with Gasteiger partial charge in [0.1, 0.15) is 6.61 Å². The number of methoxy groups -OCH3 is 1. The van der Waals surface area contributed by atoms with Crippen molar-refractivity contribution in [2.75, 3.05) is 26.9 Å². The molecule has 0 saturated carbocycles. The van der Waals surface area contributed by atoms with Crippen molar-refractivity contribution in [2.45, 2.75) is 12.8 Å². The van der Waals surface area contributed by atoms with E-state index in [0.717, 1.165) is 0 Å². The monoisotopic (exact) mass is 233 g/mol. The summed E-state index contributed by atoms with van der Waals surface area (Å²) in [6.07, 6.45) is -1.06. The van der Waals surface area contributed by atoms with Crippen LogP contribution in [0.1, 0.15) is 12.8 Å². The van der Waals surface area contributed by atoms with Gasteiger partial charge in [-0.3, -0.25) is 9.59 Å². The number of aliphatic carboxylic acids is 1. The van der Waals surface area contributed by atoms with Gasteiger partial charge < -0.3 is 19.9 Å². The van der Waals surface area contributed by atoms with E-state index in [4.69, 9.17) is 5.11 Å². The summed E-state index contributed by atoms with van der Waals surface area (Å²) in [4.78, 5) is 32.1. The third kappa shape index (κ3) is 8.95. The first-order valence-electron chi connectivity index (χ1n) is 4.69. The number of nitrogens with one attached hydrogen (secondary N) is 1. The summed E-state index contributed by atoms with van der Waals surface area (Å²) in [5, 5.41) is 10.5. The molecule has 0 fully saturated rings. The fraction of sp³-hybridized carbons (Fsp3) is 0.667. The minimum atomic E-state index is -1.05. The smallest absolute Gasteiger partial charge is 0.407 e. The number of hydrogen-bond acceptors (Lipinski definition) is 5. The zero-order valence-electron chi connectivity index (χ0n) is 9.02. The highest BCUT2D eigenvalue weighted by molar-refractivity contribution is 5.86. The van der Waals surface area contributed by atoms with E-state index >= 15 is 0 Å². The number of ether oxygens (including phenoxy) is 2. The quantitative estimate of drug-likeness (QED) is 0.562. The molecule has 0 aliphatic carbocycles. The Hall–Kier alpha value is -1.63. The molecular formula is C9H15NO6. The molecule has 0 aromatic rings. The van der Waals surface area contributed by atoms with Gasteiger partial charge in [-0.1, -0.05) is 0 Å². The van der Waals surface area contributed by atoms with E-state index in [1.807, 2.05) is 0 Å². The lowest BCUT2D eigenvalue weighted by molar-refractivity contribution is -0.138. The lowest BCUT2D eigenvalue weighted by atomic mass is 10.2. The number of rotatable bonds is 8.